The van der Waals surface area contributed by atoms with Crippen molar-refractivity contribution < 1.29 is 18.7 Å². The normalized spacial score (nSPS) is 11.4. The zero-order valence-electron chi connectivity index (χ0n) is 19.4. The van der Waals surface area contributed by atoms with Crippen molar-refractivity contribution in [3.05, 3.63) is 58.9 Å². The fraction of sp³-hybridized carbons (Fsp3) is 0.320. The van der Waals surface area contributed by atoms with E-state index in [0.29, 0.717) is 47.3 Å². The fourth-order valence-corrected chi connectivity index (χ4v) is 4.35. The number of ether oxygens (including phenoxy) is 2. The Kier molecular flexibility index (Phi) is 7.54. The second-order valence-corrected chi connectivity index (χ2v) is 8.91. The van der Waals surface area contributed by atoms with E-state index in [0.717, 1.165) is 5.39 Å². The minimum Gasteiger partial charge on any atom is -0.497 e. The van der Waals surface area contributed by atoms with Crippen LogP contribution in [0.1, 0.15) is 20.3 Å². The zero-order valence-corrected chi connectivity index (χ0v) is 20.2. The molecule has 2 aromatic heterocycles. The molecule has 8 nitrogen and oxygen atoms in total. The number of amides is 1. The Balaban J connectivity index is 1.59. The van der Waals surface area contributed by atoms with Crippen molar-refractivity contribution in [1.82, 2.24) is 9.55 Å². The molecule has 0 fully saturated rings. The number of hydrogen-bond acceptors (Lipinski definition) is 7. The van der Waals surface area contributed by atoms with Crippen LogP contribution >= 0.6 is 11.8 Å². The van der Waals surface area contributed by atoms with Crippen LogP contribution < -0.4 is 15.6 Å². The summed E-state index contributed by atoms with van der Waals surface area (Å²) < 4.78 is 18.2. The van der Waals surface area contributed by atoms with Gasteiger partial charge in [0.15, 0.2) is 5.16 Å². The summed E-state index contributed by atoms with van der Waals surface area (Å²) in [6.07, 6.45) is 0.747. The van der Waals surface area contributed by atoms with Crippen molar-refractivity contribution >= 4 is 45.4 Å². The molecule has 0 atom stereocenters. The van der Waals surface area contributed by atoms with E-state index in [1.54, 1.807) is 35.9 Å². The molecule has 34 heavy (non-hydrogen) atoms. The van der Waals surface area contributed by atoms with Crippen LogP contribution in [-0.2, 0) is 16.1 Å². The first kappa shape index (κ1) is 23.8. The van der Waals surface area contributed by atoms with E-state index in [1.165, 1.54) is 11.8 Å². The molecule has 4 aromatic rings. The number of hydrogen-bond donors (Lipinski definition) is 1. The largest absolute Gasteiger partial charge is 0.497 e. The van der Waals surface area contributed by atoms with Gasteiger partial charge < -0.3 is 19.2 Å². The summed E-state index contributed by atoms with van der Waals surface area (Å²) in [4.78, 5) is 30.7. The Morgan fingerprint density at radius 3 is 2.82 bits per heavy atom. The first-order valence-electron chi connectivity index (χ1n) is 11.1. The number of carbonyl (C=O) groups is 1. The molecule has 2 aromatic carbocycles. The number of anilines is 1. The predicted octanol–water partition coefficient (Wildman–Crippen LogP) is 4.70. The second-order valence-electron chi connectivity index (χ2n) is 7.97. The van der Waals surface area contributed by atoms with Crippen LogP contribution in [0.4, 0.5) is 5.69 Å². The molecular formula is C25H27N3O5S. The highest BCUT2D eigenvalue weighted by Crippen LogP contribution is 2.27. The van der Waals surface area contributed by atoms with Gasteiger partial charge in [0.1, 0.15) is 16.8 Å². The van der Waals surface area contributed by atoms with Crippen LogP contribution in [0.25, 0.3) is 22.1 Å². The summed E-state index contributed by atoms with van der Waals surface area (Å²) >= 11 is 1.22. The van der Waals surface area contributed by atoms with Gasteiger partial charge in [-0.25, -0.2) is 4.98 Å². The van der Waals surface area contributed by atoms with E-state index >= 15 is 0 Å². The number of rotatable bonds is 10. The quantitative estimate of drug-likeness (QED) is 0.199. The van der Waals surface area contributed by atoms with Crippen molar-refractivity contribution in [2.75, 3.05) is 24.8 Å². The number of benzene rings is 2. The smallest absolute Gasteiger partial charge is 0.297 e. The molecule has 178 valence electrons. The molecule has 0 bridgehead atoms. The lowest BCUT2D eigenvalue weighted by Crippen LogP contribution is -2.24. The number of nitrogens with zero attached hydrogens (tertiary/aromatic N) is 2. The Labute approximate surface area is 201 Å². The van der Waals surface area contributed by atoms with Gasteiger partial charge in [-0.2, -0.15) is 0 Å². The summed E-state index contributed by atoms with van der Waals surface area (Å²) in [6.45, 7) is 4.86. The molecule has 4 rings (SSSR count). The standard InChI is InChI=1S/C25H27N3O5S/c1-16(2)32-13-7-12-28-24(30)23-22(19-10-4-5-11-20(19)33-23)27-25(28)34-15-21(29)26-17-8-6-9-18(14-17)31-3/h4-6,8-11,14,16H,7,12-13,15H2,1-3H3,(H,26,29). The van der Waals surface area contributed by atoms with Crippen LogP contribution in [0.3, 0.4) is 0 Å². The summed E-state index contributed by atoms with van der Waals surface area (Å²) in [6, 6.07) is 14.6. The zero-order chi connectivity index (χ0) is 24.1. The van der Waals surface area contributed by atoms with Gasteiger partial charge >= 0.3 is 0 Å². The third-order valence-corrected chi connectivity index (χ3v) is 6.09. The monoisotopic (exact) mass is 481 g/mol. The molecular weight excluding hydrogens is 454 g/mol. The summed E-state index contributed by atoms with van der Waals surface area (Å²) in [5.74, 6) is 0.536. The van der Waals surface area contributed by atoms with Gasteiger partial charge in [0.25, 0.3) is 5.56 Å². The van der Waals surface area contributed by atoms with E-state index in [9.17, 15) is 9.59 Å². The number of methoxy groups -OCH3 is 1. The van der Waals surface area contributed by atoms with E-state index in [2.05, 4.69) is 5.32 Å². The molecule has 1 amide bonds. The molecule has 2 heterocycles. The number of aromatic nitrogens is 2. The molecule has 0 saturated heterocycles. The minimum atomic E-state index is -0.263. The maximum Gasteiger partial charge on any atom is 0.297 e. The summed E-state index contributed by atoms with van der Waals surface area (Å²) in [5, 5.41) is 4.09. The van der Waals surface area contributed by atoms with Gasteiger partial charge in [0, 0.05) is 30.3 Å². The molecule has 0 aliphatic carbocycles. The lowest BCUT2D eigenvalue weighted by molar-refractivity contribution is -0.113. The van der Waals surface area contributed by atoms with Crippen LogP contribution in [0.5, 0.6) is 5.75 Å². The summed E-state index contributed by atoms with van der Waals surface area (Å²) in [7, 11) is 1.57. The van der Waals surface area contributed by atoms with Gasteiger partial charge in [-0.1, -0.05) is 30.0 Å². The number of furan rings is 1. The Morgan fingerprint density at radius 1 is 1.21 bits per heavy atom. The molecule has 0 unspecified atom stereocenters. The van der Waals surface area contributed by atoms with Crippen LogP contribution in [0, 0.1) is 0 Å². The van der Waals surface area contributed by atoms with Crippen molar-refractivity contribution in [2.45, 2.75) is 38.1 Å². The topological polar surface area (TPSA) is 95.6 Å². The van der Waals surface area contributed by atoms with Crippen molar-refractivity contribution in [2.24, 2.45) is 0 Å². The first-order valence-corrected chi connectivity index (χ1v) is 12.0. The van der Waals surface area contributed by atoms with Gasteiger partial charge in [0.2, 0.25) is 11.5 Å². The minimum absolute atomic E-state index is 0.0907. The Hall–Kier alpha value is -3.30. The maximum absolute atomic E-state index is 13.3. The maximum atomic E-state index is 13.3. The van der Waals surface area contributed by atoms with E-state index in [4.69, 9.17) is 18.9 Å². The molecule has 0 aliphatic heterocycles. The summed E-state index contributed by atoms with van der Waals surface area (Å²) in [5.41, 5.74) is 1.70. The van der Waals surface area contributed by atoms with Gasteiger partial charge in [-0.3, -0.25) is 14.2 Å². The molecule has 0 radical (unpaired) electrons. The van der Waals surface area contributed by atoms with E-state index < -0.39 is 0 Å². The third kappa shape index (κ3) is 5.43. The average molecular weight is 482 g/mol. The lowest BCUT2D eigenvalue weighted by atomic mass is 10.2. The SMILES string of the molecule is COc1cccc(NC(=O)CSc2nc3c(oc4ccccc43)c(=O)n2CCCOC(C)C)c1. The van der Waals surface area contributed by atoms with Crippen molar-refractivity contribution in [3.8, 4) is 5.75 Å². The lowest BCUT2D eigenvalue weighted by Gasteiger charge is -2.13. The van der Waals surface area contributed by atoms with Crippen molar-refractivity contribution in [1.29, 1.82) is 0 Å². The molecule has 0 saturated carbocycles. The Bertz CT molecular complexity index is 1360. The number of para-hydroxylation sites is 1. The highest BCUT2D eigenvalue weighted by Gasteiger charge is 2.18. The number of fused-ring (bicyclic) bond motifs is 3. The highest BCUT2D eigenvalue weighted by molar-refractivity contribution is 7.99. The predicted molar refractivity (Wildman–Crippen MR) is 134 cm³/mol. The molecule has 9 heteroatoms. The van der Waals surface area contributed by atoms with E-state index in [-0.39, 0.29) is 28.9 Å². The van der Waals surface area contributed by atoms with Crippen LogP contribution in [0.2, 0.25) is 0 Å². The molecule has 1 N–H and O–H groups in total. The second kappa shape index (κ2) is 10.8. The molecule has 0 spiro atoms. The van der Waals surface area contributed by atoms with Gasteiger partial charge in [-0.15, -0.1) is 0 Å². The van der Waals surface area contributed by atoms with Crippen molar-refractivity contribution in [3.63, 3.8) is 0 Å². The molecule has 0 aliphatic rings. The highest BCUT2D eigenvalue weighted by atomic mass is 32.2. The van der Waals surface area contributed by atoms with Gasteiger partial charge in [-0.05, 0) is 44.5 Å². The number of thioether (sulfide) groups is 1. The first-order chi connectivity index (χ1) is 16.5. The van der Waals surface area contributed by atoms with Gasteiger partial charge in [0.05, 0.1) is 19.0 Å². The third-order valence-electron chi connectivity index (χ3n) is 5.11. The van der Waals surface area contributed by atoms with Crippen LogP contribution in [0.15, 0.2) is 62.9 Å². The fourth-order valence-electron chi connectivity index (χ4n) is 3.53. The van der Waals surface area contributed by atoms with Crippen LogP contribution in [-0.4, -0.2) is 41.0 Å². The number of carbonyl (C=O) groups excluding carboxylic acids is 1. The Morgan fingerprint density at radius 2 is 2.03 bits per heavy atom. The number of nitrogens with one attached hydrogen (secondary N) is 1. The van der Waals surface area contributed by atoms with E-state index in [1.807, 2.05) is 38.1 Å². The average Bonchev–Trinajstić information content (AvgIpc) is 3.20.